The fourth-order valence-corrected chi connectivity index (χ4v) is 0.0577. The minimum absolute atomic E-state index is 0.222. The van der Waals surface area contributed by atoms with Gasteiger partial charge in [-0.3, -0.25) is 19.2 Å². The molecule has 0 aromatic heterocycles. The van der Waals surface area contributed by atoms with Crippen LogP contribution in [0.3, 0.4) is 0 Å². The molecule has 24 heavy (non-hydrogen) atoms. The predicted octanol–water partition coefficient (Wildman–Crippen LogP) is -0.524. The number of aliphatic carboxylic acids is 4. The van der Waals surface area contributed by atoms with E-state index in [0.29, 0.717) is 0 Å². The lowest BCUT2D eigenvalue weighted by atomic mass is 10.4. The van der Waals surface area contributed by atoms with Crippen LogP contribution in [0, 0.1) is 0 Å². The van der Waals surface area contributed by atoms with Crippen LogP contribution in [0.2, 0.25) is 0 Å². The predicted molar refractivity (Wildman–Crippen MR) is 82.7 cm³/mol. The summed E-state index contributed by atoms with van der Waals surface area (Å²) in [7, 11) is 0. The summed E-state index contributed by atoms with van der Waals surface area (Å²) in [5.41, 5.74) is 0. The molecule has 0 aliphatic carbocycles. The van der Waals surface area contributed by atoms with Crippen LogP contribution in [0.15, 0.2) is 0 Å². The van der Waals surface area contributed by atoms with Crippen LogP contribution in [-0.2, 0) is 19.2 Å². The second-order valence-electron chi connectivity index (χ2n) is 3.55. The molecule has 0 aliphatic rings. The zero-order chi connectivity index (χ0) is 20.7. The fraction of sp³-hybridized carbons (Fsp3) is 0.692. The molecule has 0 aromatic carbocycles. The van der Waals surface area contributed by atoms with Gasteiger partial charge >= 0.3 is 11.9 Å². The zero-order valence-corrected chi connectivity index (χ0v) is 14.2. The van der Waals surface area contributed by atoms with Gasteiger partial charge in [-0.05, 0) is 0 Å². The van der Waals surface area contributed by atoms with Crippen LogP contribution in [0.5, 0.6) is 0 Å². The van der Waals surface area contributed by atoms with Crippen molar-refractivity contribution in [2.24, 2.45) is 0 Å². The summed E-state index contributed by atoms with van der Waals surface area (Å²) in [5.74, 6) is -3.16. The van der Waals surface area contributed by atoms with E-state index in [0.717, 1.165) is 13.8 Å². The van der Waals surface area contributed by atoms with Gasteiger partial charge in [0.2, 0.25) is 0 Å². The van der Waals surface area contributed by atoms with Crippen LogP contribution >= 0.6 is 0 Å². The Balaban J connectivity index is -0.0000000633. The average Bonchev–Trinajstić information content (AvgIpc) is 2.46. The Morgan fingerprint density at radius 3 is 0.833 bits per heavy atom. The molecule has 11 nitrogen and oxygen atoms in total. The first kappa shape index (κ1) is 33.4. The van der Waals surface area contributed by atoms with Crippen LogP contribution in [0.4, 0.5) is 0 Å². The van der Waals surface area contributed by atoms with Crippen LogP contribution in [0.1, 0.15) is 40.5 Å². The molecular weight excluding hydrogens is 332 g/mol. The summed E-state index contributed by atoms with van der Waals surface area (Å²) >= 11 is 0. The number of carboxylic acids is 4. The van der Waals surface area contributed by atoms with Gasteiger partial charge in [0.15, 0.2) is 0 Å². The lowest BCUT2D eigenvalue weighted by Crippen LogP contribution is -2.15. The third-order valence-electron chi connectivity index (χ3n) is 1.03. The summed E-state index contributed by atoms with van der Waals surface area (Å²) < 4.78 is 0. The first-order valence-corrected chi connectivity index (χ1v) is 6.54. The number of rotatable bonds is 4. The third-order valence-corrected chi connectivity index (χ3v) is 1.03. The van der Waals surface area contributed by atoms with Crippen molar-refractivity contribution in [2.45, 2.75) is 46.6 Å². The highest BCUT2D eigenvalue weighted by atomic mass is 16.4. The number of aliphatic hydroxyl groups is 3. The van der Waals surface area contributed by atoms with E-state index in [-0.39, 0.29) is 26.1 Å². The molecule has 0 saturated carbocycles. The molecule has 0 bridgehead atoms. The molecule has 0 heterocycles. The Morgan fingerprint density at radius 1 is 0.708 bits per heavy atom. The SMILES string of the molecule is CC(=O)O.CC(=O)O.CCC(=O)O.CCC(=O)O.OCC(O)CO. The van der Waals surface area contributed by atoms with Gasteiger partial charge in [0, 0.05) is 26.7 Å². The molecule has 0 aliphatic heterocycles. The lowest BCUT2D eigenvalue weighted by molar-refractivity contribution is -0.137. The van der Waals surface area contributed by atoms with Crippen molar-refractivity contribution in [3.8, 4) is 0 Å². The van der Waals surface area contributed by atoms with E-state index in [1.807, 2.05) is 0 Å². The maximum Gasteiger partial charge on any atom is 0.303 e. The van der Waals surface area contributed by atoms with E-state index in [4.69, 9.17) is 45.3 Å². The standard InChI is InChI=1S/C3H8O3.2C3H6O2.2C2H4O2/c4-1-3(6)2-5;2*1-2-3(4)5;2*1-2(3)4/h3-6H,1-2H2;2*2H2,1H3,(H,4,5);2*1H3,(H,3,4). The molecule has 11 heteroatoms. The molecule has 0 unspecified atom stereocenters. The van der Waals surface area contributed by atoms with Gasteiger partial charge in [-0.15, -0.1) is 0 Å². The highest BCUT2D eigenvalue weighted by Gasteiger charge is 1.93. The van der Waals surface area contributed by atoms with E-state index in [1.54, 1.807) is 13.8 Å². The Bertz CT molecular complexity index is 277. The Hall–Kier alpha value is -2.24. The first-order chi connectivity index (χ1) is 10.8. The number of aliphatic hydroxyl groups excluding tert-OH is 3. The zero-order valence-electron chi connectivity index (χ0n) is 14.2. The molecule has 146 valence electrons. The summed E-state index contributed by atoms with van der Waals surface area (Å²) in [4.78, 5) is 36.7. The van der Waals surface area contributed by atoms with Crippen molar-refractivity contribution in [2.75, 3.05) is 13.2 Å². The molecule has 0 aromatic rings. The smallest absolute Gasteiger partial charge is 0.303 e. The van der Waals surface area contributed by atoms with Gasteiger partial charge in [-0.25, -0.2) is 0 Å². The van der Waals surface area contributed by atoms with Crippen LogP contribution in [-0.4, -0.2) is 78.9 Å². The third kappa shape index (κ3) is 210. The summed E-state index contributed by atoms with van der Waals surface area (Å²) in [5, 5.41) is 54.3. The minimum atomic E-state index is -0.954. The maximum absolute atomic E-state index is 9.37. The van der Waals surface area contributed by atoms with Gasteiger partial charge in [-0.2, -0.15) is 0 Å². The van der Waals surface area contributed by atoms with Gasteiger partial charge in [-0.1, -0.05) is 13.8 Å². The Morgan fingerprint density at radius 2 is 0.833 bits per heavy atom. The summed E-state index contributed by atoms with van der Waals surface area (Å²) in [6, 6.07) is 0. The van der Waals surface area contributed by atoms with Crippen molar-refractivity contribution in [1.29, 1.82) is 0 Å². The van der Waals surface area contributed by atoms with E-state index in [9.17, 15) is 9.59 Å². The van der Waals surface area contributed by atoms with Crippen molar-refractivity contribution in [3.05, 3.63) is 0 Å². The monoisotopic (exact) mass is 360 g/mol. The second-order valence-corrected chi connectivity index (χ2v) is 3.55. The molecule has 0 amide bonds. The van der Waals surface area contributed by atoms with Gasteiger partial charge in [0.05, 0.1) is 13.2 Å². The largest absolute Gasteiger partial charge is 0.481 e. The molecule has 0 spiro atoms. The van der Waals surface area contributed by atoms with E-state index in [2.05, 4.69) is 0 Å². The first-order valence-electron chi connectivity index (χ1n) is 6.54. The van der Waals surface area contributed by atoms with Crippen molar-refractivity contribution in [3.63, 3.8) is 0 Å². The summed E-state index contributed by atoms with van der Waals surface area (Å²) in [6.45, 7) is 4.64. The van der Waals surface area contributed by atoms with E-state index in [1.165, 1.54) is 0 Å². The van der Waals surface area contributed by atoms with Crippen LogP contribution in [0.25, 0.3) is 0 Å². The second kappa shape index (κ2) is 28.9. The molecule has 0 radical (unpaired) electrons. The van der Waals surface area contributed by atoms with Crippen LogP contribution < -0.4 is 0 Å². The molecule has 0 atom stereocenters. The average molecular weight is 360 g/mol. The van der Waals surface area contributed by atoms with Gasteiger partial charge in [0.1, 0.15) is 6.10 Å². The Kier molecular flexibility index (Phi) is 40.1. The normalized spacial score (nSPS) is 7.67. The summed E-state index contributed by atoms with van der Waals surface area (Å²) in [6.07, 6.45) is -0.509. The topological polar surface area (TPSA) is 210 Å². The van der Waals surface area contributed by atoms with Crippen molar-refractivity contribution >= 4 is 23.9 Å². The molecule has 0 fully saturated rings. The van der Waals surface area contributed by atoms with E-state index >= 15 is 0 Å². The number of carbonyl (C=O) groups is 4. The number of carboxylic acid groups (broad SMARTS) is 4. The molecule has 7 N–H and O–H groups in total. The molecule has 0 rings (SSSR count). The number of hydrogen-bond donors (Lipinski definition) is 7. The van der Waals surface area contributed by atoms with Gasteiger partial charge in [0.25, 0.3) is 11.9 Å². The fourth-order valence-electron chi connectivity index (χ4n) is 0.0577. The van der Waals surface area contributed by atoms with Gasteiger partial charge < -0.3 is 35.7 Å². The highest BCUT2D eigenvalue weighted by Crippen LogP contribution is 1.71. The highest BCUT2D eigenvalue weighted by molar-refractivity contribution is 5.66. The lowest BCUT2D eigenvalue weighted by Gasteiger charge is -1.96. The minimum Gasteiger partial charge on any atom is -0.481 e. The Labute approximate surface area is 139 Å². The molecular formula is C13H28O11. The quantitative estimate of drug-likeness (QED) is 0.339. The van der Waals surface area contributed by atoms with E-state index < -0.39 is 30.0 Å². The molecule has 0 saturated heterocycles. The van der Waals surface area contributed by atoms with Crippen molar-refractivity contribution < 1.29 is 54.9 Å². The van der Waals surface area contributed by atoms with Crippen molar-refractivity contribution in [1.82, 2.24) is 0 Å². The number of hydrogen-bond acceptors (Lipinski definition) is 7. The maximum atomic E-state index is 9.37.